The molecule has 1 unspecified atom stereocenters. The van der Waals surface area contributed by atoms with Crippen molar-refractivity contribution in [1.82, 2.24) is 10.2 Å². The second kappa shape index (κ2) is 6.50. The van der Waals surface area contributed by atoms with Gasteiger partial charge in [-0.15, -0.1) is 12.4 Å². The number of nitrogens with one attached hydrogen (secondary N) is 1. The van der Waals surface area contributed by atoms with Crippen molar-refractivity contribution in [3.63, 3.8) is 0 Å². The number of amides is 1. The Kier molecular flexibility index (Phi) is 5.56. The van der Waals surface area contributed by atoms with Gasteiger partial charge in [-0.2, -0.15) is 0 Å². The van der Waals surface area contributed by atoms with Crippen molar-refractivity contribution in [2.75, 3.05) is 19.6 Å². The van der Waals surface area contributed by atoms with Gasteiger partial charge in [-0.1, -0.05) is 6.07 Å². The Morgan fingerprint density at radius 3 is 2.89 bits per heavy atom. The largest absolute Gasteiger partial charge is 0.336 e. The molecule has 2 rings (SSSR count). The lowest BCUT2D eigenvalue weighted by molar-refractivity contribution is 0.0703. The summed E-state index contributed by atoms with van der Waals surface area (Å²) in [4.78, 5) is 13.9. The molecule has 1 saturated heterocycles. The zero-order valence-electron chi connectivity index (χ0n) is 9.95. The van der Waals surface area contributed by atoms with Gasteiger partial charge in [0.05, 0.1) is 5.56 Å². The monoisotopic (exact) mass is 336 g/mol. The second-order valence-electron chi connectivity index (χ2n) is 4.20. The molecule has 3 nitrogen and oxygen atoms in total. The van der Waals surface area contributed by atoms with Gasteiger partial charge in [-0.05, 0) is 35.0 Å². The molecule has 100 valence electrons. The van der Waals surface area contributed by atoms with E-state index in [9.17, 15) is 9.18 Å². The van der Waals surface area contributed by atoms with Crippen molar-refractivity contribution < 1.29 is 9.18 Å². The van der Waals surface area contributed by atoms with Crippen LogP contribution in [0.3, 0.4) is 0 Å². The van der Waals surface area contributed by atoms with Crippen molar-refractivity contribution in [1.29, 1.82) is 0 Å². The number of halogens is 3. The summed E-state index contributed by atoms with van der Waals surface area (Å²) in [6.45, 7) is 3.98. The Hall–Kier alpha value is -0.650. The average Bonchev–Trinajstić information content (AvgIpc) is 2.28. The lowest BCUT2D eigenvalue weighted by atomic mass is 10.1. The summed E-state index contributed by atoms with van der Waals surface area (Å²) in [6, 6.07) is 4.82. The van der Waals surface area contributed by atoms with Crippen LogP contribution in [-0.4, -0.2) is 36.5 Å². The summed E-state index contributed by atoms with van der Waals surface area (Å²) in [5.41, 5.74) is 0.126. The molecule has 6 heteroatoms. The highest BCUT2D eigenvalue weighted by Crippen LogP contribution is 2.21. The summed E-state index contributed by atoms with van der Waals surface area (Å²) in [6.07, 6.45) is 0. The van der Waals surface area contributed by atoms with Crippen LogP contribution < -0.4 is 5.32 Å². The predicted octanol–water partition coefficient (Wildman–Crippen LogP) is 2.44. The zero-order valence-corrected chi connectivity index (χ0v) is 12.4. The molecule has 1 atom stereocenters. The fourth-order valence-electron chi connectivity index (χ4n) is 1.98. The van der Waals surface area contributed by atoms with Gasteiger partial charge in [0.1, 0.15) is 5.82 Å². The maximum absolute atomic E-state index is 13.7. The molecule has 0 aliphatic carbocycles. The summed E-state index contributed by atoms with van der Waals surface area (Å²) >= 11 is 3.23. The Labute approximate surface area is 120 Å². The lowest BCUT2D eigenvalue weighted by Gasteiger charge is -2.32. The summed E-state index contributed by atoms with van der Waals surface area (Å²) < 4.78 is 14.2. The lowest BCUT2D eigenvalue weighted by Crippen LogP contribution is -2.51. The van der Waals surface area contributed by atoms with E-state index in [2.05, 4.69) is 21.2 Å². The van der Waals surface area contributed by atoms with Crippen molar-refractivity contribution in [2.45, 2.75) is 13.0 Å². The highest BCUT2D eigenvalue weighted by atomic mass is 79.9. The van der Waals surface area contributed by atoms with Crippen LogP contribution in [0.4, 0.5) is 4.39 Å². The maximum atomic E-state index is 13.7. The molecule has 0 bridgehead atoms. The molecular formula is C12H15BrClFN2O. The Morgan fingerprint density at radius 2 is 2.28 bits per heavy atom. The Bertz CT molecular complexity index is 424. The van der Waals surface area contributed by atoms with Crippen molar-refractivity contribution >= 4 is 34.2 Å². The van der Waals surface area contributed by atoms with E-state index in [1.54, 1.807) is 17.0 Å². The van der Waals surface area contributed by atoms with Gasteiger partial charge in [0.15, 0.2) is 0 Å². The fourth-order valence-corrected chi connectivity index (χ4v) is 2.49. The minimum atomic E-state index is -0.476. The SMILES string of the molecule is CC1CN(C(=O)c2c(F)cccc2Br)CCN1.Cl. The fraction of sp³-hybridized carbons (Fsp3) is 0.417. The first-order valence-corrected chi connectivity index (χ1v) is 6.35. The molecule has 1 aliphatic heterocycles. The van der Waals surface area contributed by atoms with E-state index < -0.39 is 5.82 Å². The van der Waals surface area contributed by atoms with E-state index in [1.165, 1.54) is 6.07 Å². The van der Waals surface area contributed by atoms with Crippen molar-refractivity contribution in [3.8, 4) is 0 Å². The van der Waals surface area contributed by atoms with Crippen LogP contribution in [0.5, 0.6) is 0 Å². The summed E-state index contributed by atoms with van der Waals surface area (Å²) in [7, 11) is 0. The van der Waals surface area contributed by atoms with Gasteiger partial charge in [0.2, 0.25) is 0 Å². The number of piperazine rings is 1. The average molecular weight is 338 g/mol. The van der Waals surface area contributed by atoms with Crippen LogP contribution in [0.15, 0.2) is 22.7 Å². The molecule has 1 aromatic rings. The first kappa shape index (κ1) is 15.4. The molecule has 0 aromatic heterocycles. The topological polar surface area (TPSA) is 32.3 Å². The molecule has 0 saturated carbocycles. The number of hydrogen-bond acceptors (Lipinski definition) is 2. The van der Waals surface area contributed by atoms with Gasteiger partial charge in [0, 0.05) is 30.1 Å². The van der Waals surface area contributed by atoms with Crippen LogP contribution in [0.25, 0.3) is 0 Å². The Morgan fingerprint density at radius 1 is 1.56 bits per heavy atom. The van der Waals surface area contributed by atoms with E-state index in [-0.39, 0.29) is 29.9 Å². The summed E-state index contributed by atoms with van der Waals surface area (Å²) in [5.74, 6) is -0.723. The van der Waals surface area contributed by atoms with Gasteiger partial charge in [0.25, 0.3) is 5.91 Å². The number of hydrogen-bond donors (Lipinski definition) is 1. The predicted molar refractivity (Wildman–Crippen MR) is 74.7 cm³/mol. The van der Waals surface area contributed by atoms with Crippen LogP contribution in [0.1, 0.15) is 17.3 Å². The standard InChI is InChI=1S/C12H14BrFN2O.ClH/c1-8-7-16(6-5-15-8)12(17)11-9(13)3-2-4-10(11)14;/h2-4,8,15H,5-7H2,1H3;1H. The van der Waals surface area contributed by atoms with Crippen molar-refractivity contribution in [3.05, 3.63) is 34.1 Å². The highest BCUT2D eigenvalue weighted by molar-refractivity contribution is 9.10. The minimum Gasteiger partial charge on any atom is -0.336 e. The van der Waals surface area contributed by atoms with E-state index in [1.807, 2.05) is 6.92 Å². The molecular weight excluding hydrogens is 322 g/mol. The quantitative estimate of drug-likeness (QED) is 0.854. The third kappa shape index (κ3) is 3.22. The van der Waals surface area contributed by atoms with Gasteiger partial charge in [-0.3, -0.25) is 4.79 Å². The van der Waals surface area contributed by atoms with Crippen LogP contribution in [0.2, 0.25) is 0 Å². The first-order valence-electron chi connectivity index (χ1n) is 5.56. The molecule has 1 N–H and O–H groups in total. The zero-order chi connectivity index (χ0) is 12.4. The van der Waals surface area contributed by atoms with E-state index >= 15 is 0 Å². The number of nitrogens with zero attached hydrogens (tertiary/aromatic N) is 1. The van der Waals surface area contributed by atoms with Crippen LogP contribution in [-0.2, 0) is 0 Å². The maximum Gasteiger partial charge on any atom is 0.258 e. The second-order valence-corrected chi connectivity index (χ2v) is 5.06. The highest BCUT2D eigenvalue weighted by Gasteiger charge is 2.25. The Balaban J connectivity index is 0.00000162. The molecule has 0 radical (unpaired) electrons. The van der Waals surface area contributed by atoms with E-state index in [0.29, 0.717) is 17.6 Å². The summed E-state index contributed by atoms with van der Waals surface area (Å²) in [5, 5.41) is 3.25. The normalized spacial score (nSPS) is 19.3. The minimum absolute atomic E-state index is 0. The van der Waals surface area contributed by atoms with Crippen LogP contribution in [0, 0.1) is 5.82 Å². The third-order valence-corrected chi connectivity index (χ3v) is 3.49. The molecule has 18 heavy (non-hydrogen) atoms. The number of benzene rings is 1. The van der Waals surface area contributed by atoms with Crippen molar-refractivity contribution in [2.24, 2.45) is 0 Å². The van der Waals surface area contributed by atoms with Gasteiger partial charge < -0.3 is 10.2 Å². The number of carbonyl (C=O) groups is 1. The van der Waals surface area contributed by atoms with E-state index in [0.717, 1.165) is 6.54 Å². The van der Waals surface area contributed by atoms with Gasteiger partial charge >= 0.3 is 0 Å². The molecule has 1 fully saturated rings. The van der Waals surface area contributed by atoms with E-state index in [4.69, 9.17) is 0 Å². The van der Waals surface area contributed by atoms with Gasteiger partial charge in [-0.25, -0.2) is 4.39 Å². The smallest absolute Gasteiger partial charge is 0.258 e. The third-order valence-electron chi connectivity index (χ3n) is 2.83. The number of carbonyl (C=O) groups excluding carboxylic acids is 1. The molecule has 0 spiro atoms. The molecule has 1 amide bonds. The molecule has 1 aliphatic rings. The van der Waals surface area contributed by atoms with Crippen LogP contribution >= 0.6 is 28.3 Å². The molecule has 1 heterocycles. The molecule has 1 aromatic carbocycles. The first-order chi connectivity index (χ1) is 8.09. The number of rotatable bonds is 1.